The first-order valence-electron chi connectivity index (χ1n) is 8.20. The number of nitrogens with one attached hydrogen (secondary N) is 2. The molecule has 2 amide bonds. The second-order valence-electron chi connectivity index (χ2n) is 5.64. The van der Waals surface area contributed by atoms with E-state index in [1.165, 1.54) is 6.92 Å². The number of benzene rings is 1. The van der Waals surface area contributed by atoms with Gasteiger partial charge in [-0.15, -0.1) is 0 Å². The van der Waals surface area contributed by atoms with Gasteiger partial charge in [-0.3, -0.25) is 9.59 Å². The molecule has 0 aliphatic heterocycles. The summed E-state index contributed by atoms with van der Waals surface area (Å²) in [6.07, 6.45) is 8.12. The van der Waals surface area contributed by atoms with Crippen molar-refractivity contribution in [2.45, 2.75) is 25.8 Å². The number of carbonyl (C=O) groups is 3. The number of amides is 2. The van der Waals surface area contributed by atoms with E-state index in [0.717, 1.165) is 5.56 Å². The van der Waals surface area contributed by atoms with Crippen LogP contribution in [-0.2, 0) is 14.3 Å². The largest absolute Gasteiger partial charge is 0.464 e. The third-order valence-electron chi connectivity index (χ3n) is 3.73. The molecule has 0 radical (unpaired) electrons. The molecule has 0 aromatic heterocycles. The van der Waals surface area contributed by atoms with Gasteiger partial charge in [0.15, 0.2) is 0 Å². The van der Waals surface area contributed by atoms with Gasteiger partial charge in [-0.05, 0) is 31.5 Å². The molecule has 1 aromatic rings. The molecule has 25 heavy (non-hydrogen) atoms. The number of allylic oxidation sites excluding steroid dienone is 4. The lowest BCUT2D eigenvalue weighted by atomic mass is 9.99. The topological polar surface area (TPSA) is 84.5 Å². The van der Waals surface area contributed by atoms with Gasteiger partial charge in [0.1, 0.15) is 6.04 Å². The Balaban J connectivity index is 1.81. The molecular weight excluding hydrogens is 320 g/mol. The molecular formula is C19H22N2O4. The second-order valence-corrected chi connectivity index (χ2v) is 5.64. The van der Waals surface area contributed by atoms with Crippen molar-refractivity contribution in [1.82, 2.24) is 10.6 Å². The molecule has 132 valence electrons. The van der Waals surface area contributed by atoms with Gasteiger partial charge in [-0.1, -0.05) is 36.4 Å². The van der Waals surface area contributed by atoms with Gasteiger partial charge in [0.25, 0.3) is 5.91 Å². The van der Waals surface area contributed by atoms with Gasteiger partial charge >= 0.3 is 5.97 Å². The van der Waals surface area contributed by atoms with Crippen LogP contribution in [0.15, 0.2) is 48.6 Å². The van der Waals surface area contributed by atoms with Crippen molar-refractivity contribution in [2.75, 3.05) is 13.2 Å². The predicted molar refractivity (Wildman–Crippen MR) is 94.0 cm³/mol. The van der Waals surface area contributed by atoms with E-state index in [0.29, 0.717) is 5.56 Å². The Morgan fingerprint density at radius 1 is 1.12 bits per heavy atom. The monoisotopic (exact) mass is 342 g/mol. The van der Waals surface area contributed by atoms with Crippen LogP contribution >= 0.6 is 0 Å². The summed E-state index contributed by atoms with van der Waals surface area (Å²) in [5, 5.41) is 5.01. The van der Waals surface area contributed by atoms with Crippen LogP contribution in [0.4, 0.5) is 0 Å². The van der Waals surface area contributed by atoms with Gasteiger partial charge in [0, 0.05) is 11.5 Å². The molecule has 1 atom stereocenters. The maximum atomic E-state index is 12.1. The number of ether oxygens (including phenoxy) is 1. The summed E-state index contributed by atoms with van der Waals surface area (Å²) in [5.41, 5.74) is 1.57. The zero-order valence-electron chi connectivity index (χ0n) is 14.3. The van der Waals surface area contributed by atoms with Crippen LogP contribution in [0.5, 0.6) is 0 Å². The van der Waals surface area contributed by atoms with Crippen molar-refractivity contribution >= 4 is 17.8 Å². The summed E-state index contributed by atoms with van der Waals surface area (Å²) in [4.78, 5) is 35.3. The van der Waals surface area contributed by atoms with E-state index in [-0.39, 0.29) is 25.0 Å². The van der Waals surface area contributed by atoms with Gasteiger partial charge < -0.3 is 15.4 Å². The maximum absolute atomic E-state index is 12.1. The standard InChI is InChI=1S/C19H22N2O4/c1-3-25-19(24)13(2)21-17(22)12-20-18(23)16-10-8-15(9-11-16)14-6-4-5-7-14/h4-11,13-14H,3,12H2,1-2H3,(H,20,23)(H,21,22)/t13-/m0/s1. The molecule has 0 saturated heterocycles. The fraction of sp³-hybridized carbons (Fsp3) is 0.316. The molecule has 1 aliphatic rings. The zero-order chi connectivity index (χ0) is 18.2. The van der Waals surface area contributed by atoms with E-state index in [2.05, 4.69) is 22.8 Å². The normalized spacial score (nSPS) is 14.2. The van der Waals surface area contributed by atoms with Crippen LogP contribution in [0.25, 0.3) is 0 Å². The summed E-state index contributed by atoms with van der Waals surface area (Å²) >= 11 is 0. The third kappa shape index (κ3) is 5.31. The maximum Gasteiger partial charge on any atom is 0.328 e. The SMILES string of the molecule is CCOC(=O)[C@H](C)NC(=O)CNC(=O)c1ccc(C2C=CC=C2)cc1. The van der Waals surface area contributed by atoms with Crippen LogP contribution in [-0.4, -0.2) is 37.0 Å². The van der Waals surface area contributed by atoms with Gasteiger partial charge in [0.05, 0.1) is 13.2 Å². The van der Waals surface area contributed by atoms with Crippen molar-refractivity contribution in [2.24, 2.45) is 0 Å². The lowest BCUT2D eigenvalue weighted by Crippen LogP contribution is -2.44. The first kappa shape index (κ1) is 18.4. The zero-order valence-corrected chi connectivity index (χ0v) is 14.3. The lowest BCUT2D eigenvalue weighted by molar-refractivity contribution is -0.146. The first-order chi connectivity index (χ1) is 12.0. The molecule has 0 bridgehead atoms. The predicted octanol–water partition coefficient (Wildman–Crippen LogP) is 1.69. The van der Waals surface area contributed by atoms with E-state index >= 15 is 0 Å². The molecule has 0 fully saturated rings. The highest BCUT2D eigenvalue weighted by molar-refractivity contribution is 5.96. The average molecular weight is 342 g/mol. The molecule has 0 spiro atoms. The highest BCUT2D eigenvalue weighted by Gasteiger charge is 2.17. The number of rotatable bonds is 7. The van der Waals surface area contributed by atoms with E-state index in [4.69, 9.17) is 4.74 Å². The molecule has 6 nitrogen and oxygen atoms in total. The van der Waals surface area contributed by atoms with E-state index in [1.54, 1.807) is 19.1 Å². The van der Waals surface area contributed by atoms with Gasteiger partial charge in [-0.2, -0.15) is 0 Å². The molecule has 0 unspecified atom stereocenters. The van der Waals surface area contributed by atoms with Crippen molar-refractivity contribution < 1.29 is 19.1 Å². The Hall–Kier alpha value is -2.89. The Kier molecular flexibility index (Phi) is 6.51. The lowest BCUT2D eigenvalue weighted by Gasteiger charge is -2.13. The third-order valence-corrected chi connectivity index (χ3v) is 3.73. The summed E-state index contributed by atoms with van der Waals surface area (Å²) in [6, 6.07) is 6.48. The minimum Gasteiger partial charge on any atom is -0.464 e. The average Bonchev–Trinajstić information content (AvgIpc) is 3.14. The highest BCUT2D eigenvalue weighted by atomic mass is 16.5. The van der Waals surface area contributed by atoms with E-state index < -0.39 is 17.9 Å². The minimum atomic E-state index is -0.754. The Labute approximate surface area is 146 Å². The molecule has 1 aliphatic carbocycles. The van der Waals surface area contributed by atoms with Crippen LogP contribution in [0.2, 0.25) is 0 Å². The number of carbonyl (C=O) groups excluding carboxylic acids is 3. The van der Waals surface area contributed by atoms with Crippen LogP contribution < -0.4 is 10.6 Å². The van der Waals surface area contributed by atoms with Crippen LogP contribution in [0, 0.1) is 0 Å². The van der Waals surface area contributed by atoms with Crippen molar-refractivity contribution in [3.63, 3.8) is 0 Å². The summed E-state index contributed by atoms with van der Waals surface area (Å²) < 4.78 is 4.80. The summed E-state index contributed by atoms with van der Waals surface area (Å²) in [6.45, 7) is 3.26. The fourth-order valence-electron chi connectivity index (χ4n) is 2.39. The van der Waals surface area contributed by atoms with Gasteiger partial charge in [-0.25, -0.2) is 4.79 Å². The first-order valence-corrected chi connectivity index (χ1v) is 8.20. The molecule has 6 heteroatoms. The Morgan fingerprint density at radius 3 is 2.36 bits per heavy atom. The van der Waals surface area contributed by atoms with E-state index in [9.17, 15) is 14.4 Å². The molecule has 1 aromatic carbocycles. The van der Waals surface area contributed by atoms with Gasteiger partial charge in [0.2, 0.25) is 5.91 Å². The second kappa shape index (κ2) is 8.82. The molecule has 2 N–H and O–H groups in total. The molecule has 0 heterocycles. The van der Waals surface area contributed by atoms with Crippen molar-refractivity contribution in [3.8, 4) is 0 Å². The molecule has 0 saturated carbocycles. The number of hydrogen-bond donors (Lipinski definition) is 2. The van der Waals surface area contributed by atoms with E-state index in [1.807, 2.05) is 24.3 Å². The number of hydrogen-bond acceptors (Lipinski definition) is 4. The highest BCUT2D eigenvalue weighted by Crippen LogP contribution is 2.22. The summed E-state index contributed by atoms with van der Waals surface area (Å²) in [7, 11) is 0. The molecule has 2 rings (SSSR count). The number of esters is 1. The minimum absolute atomic E-state index is 0.210. The Bertz CT molecular complexity index is 680. The fourth-order valence-corrected chi connectivity index (χ4v) is 2.39. The van der Waals surface area contributed by atoms with Crippen LogP contribution in [0.1, 0.15) is 35.7 Å². The van der Waals surface area contributed by atoms with Crippen molar-refractivity contribution in [3.05, 3.63) is 59.7 Å². The quantitative estimate of drug-likeness (QED) is 0.739. The van der Waals surface area contributed by atoms with Crippen molar-refractivity contribution in [1.29, 1.82) is 0 Å². The smallest absolute Gasteiger partial charge is 0.328 e. The summed E-state index contributed by atoms with van der Waals surface area (Å²) in [5.74, 6) is -1.06. The Morgan fingerprint density at radius 2 is 1.76 bits per heavy atom. The van der Waals surface area contributed by atoms with Crippen LogP contribution in [0.3, 0.4) is 0 Å².